The lowest BCUT2D eigenvalue weighted by Crippen LogP contribution is -2.44. The van der Waals surface area contributed by atoms with Crippen LogP contribution in [0.3, 0.4) is 0 Å². The zero-order chi connectivity index (χ0) is 20.4. The number of aliphatic carboxylic acids is 1. The Hall–Kier alpha value is -3.49. The quantitative estimate of drug-likeness (QED) is 0.653. The fourth-order valence-electron chi connectivity index (χ4n) is 2.96. The number of benzene rings is 1. The maximum absolute atomic E-state index is 12.3. The van der Waals surface area contributed by atoms with Crippen LogP contribution in [0.5, 0.6) is 0 Å². The first-order chi connectivity index (χ1) is 13.3. The summed E-state index contributed by atoms with van der Waals surface area (Å²) < 4.78 is 0. The van der Waals surface area contributed by atoms with Gasteiger partial charge in [-0.1, -0.05) is 6.58 Å². The molecule has 1 aromatic heterocycles. The van der Waals surface area contributed by atoms with Gasteiger partial charge in [-0.15, -0.1) is 0 Å². The van der Waals surface area contributed by atoms with Gasteiger partial charge in [0.05, 0.1) is 17.8 Å². The number of carboxylic acid groups (broad SMARTS) is 1. The number of H-pyrrole nitrogens is 1. The summed E-state index contributed by atoms with van der Waals surface area (Å²) in [6, 6.07) is 3.87. The Labute approximate surface area is 160 Å². The summed E-state index contributed by atoms with van der Waals surface area (Å²) in [6.45, 7) is 8.24. The number of aryl methyl sites for hydroxylation is 2. The van der Waals surface area contributed by atoms with Crippen LogP contribution in [-0.2, 0) is 9.59 Å². The molecule has 0 bridgehead atoms. The number of aromatic nitrogens is 2. The van der Waals surface area contributed by atoms with Crippen LogP contribution >= 0.6 is 0 Å². The monoisotopic (exact) mass is 383 g/mol. The standard InChI is InChI=1S/C19H21N5O4/c1-10-8-13-14(9-11(10)2)24(7-6-20-15(25)4-5-16(26)27)18-17(23-13)19(28)22-12(3)21-18/h8-9H,3-7H2,1-2H3,(H,20,25)(H,22,28)(H,26,27). The molecular weight excluding hydrogens is 362 g/mol. The molecule has 0 saturated carbocycles. The molecule has 1 amide bonds. The minimum Gasteiger partial charge on any atom is -0.481 e. The summed E-state index contributed by atoms with van der Waals surface area (Å²) in [7, 11) is 0. The highest BCUT2D eigenvalue weighted by Gasteiger charge is 2.23. The minimum atomic E-state index is -1.02. The number of carboxylic acids is 1. The molecule has 146 valence electrons. The number of anilines is 2. The molecular formula is C19H21N5O4. The first-order valence-corrected chi connectivity index (χ1v) is 8.81. The van der Waals surface area contributed by atoms with Crippen LogP contribution < -0.4 is 26.6 Å². The van der Waals surface area contributed by atoms with Crippen molar-refractivity contribution in [3.63, 3.8) is 0 Å². The Kier molecular flexibility index (Phi) is 5.25. The van der Waals surface area contributed by atoms with Gasteiger partial charge >= 0.3 is 5.97 Å². The SMILES string of the molecule is C=c1nc2c(c(=O)[nH]1)=Nc1cc(C)c(C)cc1N2CCNC(=O)CCC(=O)O. The van der Waals surface area contributed by atoms with Gasteiger partial charge in [-0.05, 0) is 37.1 Å². The van der Waals surface area contributed by atoms with Crippen LogP contribution in [0.15, 0.2) is 21.9 Å². The highest BCUT2D eigenvalue weighted by molar-refractivity contribution is 5.81. The number of amides is 1. The largest absolute Gasteiger partial charge is 0.481 e. The maximum Gasteiger partial charge on any atom is 0.303 e. The Bertz CT molecular complexity index is 1120. The van der Waals surface area contributed by atoms with Gasteiger partial charge in [-0.2, -0.15) is 0 Å². The second-order valence-corrected chi connectivity index (χ2v) is 6.62. The molecule has 1 aromatic carbocycles. The topological polar surface area (TPSA) is 128 Å². The van der Waals surface area contributed by atoms with Gasteiger partial charge in [-0.3, -0.25) is 14.4 Å². The van der Waals surface area contributed by atoms with E-state index in [0.717, 1.165) is 16.8 Å². The van der Waals surface area contributed by atoms with Crippen LogP contribution in [-0.4, -0.2) is 40.0 Å². The van der Waals surface area contributed by atoms with E-state index in [1.54, 1.807) is 0 Å². The van der Waals surface area contributed by atoms with Crippen molar-refractivity contribution >= 4 is 35.6 Å². The second-order valence-electron chi connectivity index (χ2n) is 6.62. The molecule has 0 fully saturated rings. The molecule has 9 nitrogen and oxygen atoms in total. The normalized spacial score (nSPS) is 12.0. The molecule has 2 heterocycles. The molecule has 0 atom stereocenters. The third-order valence-electron chi connectivity index (χ3n) is 4.52. The van der Waals surface area contributed by atoms with E-state index in [1.165, 1.54) is 0 Å². The summed E-state index contributed by atoms with van der Waals surface area (Å²) >= 11 is 0. The number of aromatic amines is 1. The van der Waals surface area contributed by atoms with E-state index in [0.29, 0.717) is 18.1 Å². The summed E-state index contributed by atoms with van der Waals surface area (Å²) in [5, 5.41) is 11.6. The Balaban J connectivity index is 1.93. The van der Waals surface area contributed by atoms with Crippen LogP contribution in [0.25, 0.3) is 6.58 Å². The van der Waals surface area contributed by atoms with E-state index < -0.39 is 5.97 Å². The molecule has 0 unspecified atom stereocenters. The number of hydrogen-bond acceptors (Lipinski definition) is 6. The van der Waals surface area contributed by atoms with Gasteiger partial charge in [0, 0.05) is 19.5 Å². The predicted molar refractivity (Wildman–Crippen MR) is 104 cm³/mol. The van der Waals surface area contributed by atoms with Gasteiger partial charge in [0.1, 0.15) is 5.48 Å². The molecule has 3 N–H and O–H groups in total. The lowest BCUT2D eigenvalue weighted by atomic mass is 10.1. The fraction of sp³-hybridized carbons (Fsp3) is 0.316. The zero-order valence-electron chi connectivity index (χ0n) is 15.7. The van der Waals surface area contributed by atoms with Gasteiger partial charge in [0.25, 0.3) is 5.56 Å². The number of rotatable bonds is 6. The van der Waals surface area contributed by atoms with E-state index in [-0.39, 0.29) is 41.7 Å². The first-order valence-electron chi connectivity index (χ1n) is 8.81. The molecule has 0 saturated heterocycles. The maximum atomic E-state index is 12.3. The van der Waals surface area contributed by atoms with E-state index in [1.807, 2.05) is 30.9 Å². The minimum absolute atomic E-state index is 0.0862. The summed E-state index contributed by atoms with van der Waals surface area (Å²) in [4.78, 5) is 47.9. The molecule has 0 spiro atoms. The average Bonchev–Trinajstić information content (AvgIpc) is 2.61. The summed E-state index contributed by atoms with van der Waals surface area (Å²) in [5.41, 5.74) is 3.39. The number of nitrogens with one attached hydrogen (secondary N) is 2. The van der Waals surface area contributed by atoms with Crippen molar-refractivity contribution in [3.8, 4) is 0 Å². The third kappa shape index (κ3) is 3.93. The van der Waals surface area contributed by atoms with E-state index >= 15 is 0 Å². The third-order valence-corrected chi connectivity index (χ3v) is 4.52. The first kappa shape index (κ1) is 19.3. The Morgan fingerprint density at radius 1 is 1.25 bits per heavy atom. The molecule has 0 radical (unpaired) electrons. The van der Waals surface area contributed by atoms with Crippen molar-refractivity contribution < 1.29 is 14.7 Å². The zero-order valence-corrected chi connectivity index (χ0v) is 15.7. The molecule has 3 rings (SSSR count). The van der Waals surface area contributed by atoms with Gasteiger partial charge < -0.3 is 20.3 Å². The number of nitrogens with zero attached hydrogens (tertiary/aromatic N) is 3. The van der Waals surface area contributed by atoms with Crippen LogP contribution in [0.2, 0.25) is 0 Å². The summed E-state index contributed by atoms with van der Waals surface area (Å²) in [6.07, 6.45) is -0.308. The van der Waals surface area contributed by atoms with E-state index in [4.69, 9.17) is 5.11 Å². The predicted octanol–water partition coefficient (Wildman–Crippen LogP) is 0.181. The molecule has 1 aliphatic heterocycles. The van der Waals surface area contributed by atoms with Crippen molar-refractivity contribution in [1.82, 2.24) is 15.3 Å². The van der Waals surface area contributed by atoms with Gasteiger partial charge in [0.2, 0.25) is 5.91 Å². The van der Waals surface area contributed by atoms with Crippen molar-refractivity contribution in [2.75, 3.05) is 18.0 Å². The number of carbonyl (C=O) groups is 2. The second kappa shape index (κ2) is 7.63. The number of fused-ring (bicyclic) bond motifs is 2. The molecule has 0 aliphatic carbocycles. The average molecular weight is 383 g/mol. The van der Waals surface area contributed by atoms with Crippen molar-refractivity contribution in [2.24, 2.45) is 4.99 Å². The molecule has 28 heavy (non-hydrogen) atoms. The van der Waals surface area contributed by atoms with Crippen LogP contribution in [0.1, 0.15) is 24.0 Å². The smallest absolute Gasteiger partial charge is 0.303 e. The lowest BCUT2D eigenvalue weighted by Gasteiger charge is -2.28. The highest BCUT2D eigenvalue weighted by Crippen LogP contribution is 2.36. The van der Waals surface area contributed by atoms with Crippen molar-refractivity contribution in [1.29, 1.82) is 0 Å². The number of hydrogen-bond donors (Lipinski definition) is 3. The number of carbonyl (C=O) groups excluding carboxylic acids is 1. The van der Waals surface area contributed by atoms with Gasteiger partial charge in [0.15, 0.2) is 11.2 Å². The Morgan fingerprint density at radius 2 is 1.96 bits per heavy atom. The summed E-state index contributed by atoms with van der Waals surface area (Å²) in [5.74, 6) is -0.987. The van der Waals surface area contributed by atoms with Crippen molar-refractivity contribution in [2.45, 2.75) is 26.7 Å². The van der Waals surface area contributed by atoms with Gasteiger partial charge in [-0.25, -0.2) is 9.98 Å². The fourth-order valence-corrected chi connectivity index (χ4v) is 2.96. The van der Waals surface area contributed by atoms with E-state index in [2.05, 4.69) is 26.9 Å². The molecule has 2 aromatic rings. The van der Waals surface area contributed by atoms with Crippen molar-refractivity contribution in [3.05, 3.63) is 44.5 Å². The van der Waals surface area contributed by atoms with Crippen LogP contribution in [0.4, 0.5) is 17.2 Å². The highest BCUT2D eigenvalue weighted by atomic mass is 16.4. The van der Waals surface area contributed by atoms with E-state index in [9.17, 15) is 14.4 Å². The molecule has 1 aliphatic rings. The molecule has 9 heteroatoms. The van der Waals surface area contributed by atoms with Crippen LogP contribution in [0, 0.1) is 13.8 Å². The lowest BCUT2D eigenvalue weighted by molar-refractivity contribution is -0.138. The Morgan fingerprint density at radius 3 is 2.68 bits per heavy atom.